The summed E-state index contributed by atoms with van der Waals surface area (Å²) in [5, 5.41) is 8.51. The van der Waals surface area contributed by atoms with E-state index < -0.39 is 38.4 Å². The molecule has 12 heteroatoms. The van der Waals surface area contributed by atoms with Crippen LogP contribution in [0, 0.1) is 0 Å². The van der Waals surface area contributed by atoms with Gasteiger partial charge in [0.2, 0.25) is 0 Å². The van der Waals surface area contributed by atoms with Gasteiger partial charge in [-0.15, -0.1) is 0 Å². The molecular formula is C33H57O11P. The molecule has 0 heterocycles. The second kappa shape index (κ2) is 29.1. The molecule has 260 valence electrons. The first-order chi connectivity index (χ1) is 21.5. The van der Waals surface area contributed by atoms with Crippen molar-refractivity contribution >= 4 is 31.5 Å². The van der Waals surface area contributed by atoms with E-state index in [2.05, 4.69) is 23.6 Å². The first kappa shape index (κ1) is 42.7. The van der Waals surface area contributed by atoms with Crippen LogP contribution in [0.3, 0.4) is 0 Å². The molecule has 1 atom stereocenters. The van der Waals surface area contributed by atoms with Crippen LogP contribution < -0.4 is 0 Å². The zero-order chi connectivity index (χ0) is 33.6. The molecule has 0 amide bonds. The lowest BCUT2D eigenvalue weighted by Crippen LogP contribution is -2.29. The topological polar surface area (TPSA) is 174 Å². The van der Waals surface area contributed by atoms with Crippen molar-refractivity contribution in [3.05, 3.63) is 24.3 Å². The summed E-state index contributed by atoms with van der Waals surface area (Å²) in [6.45, 7) is 1.26. The van der Waals surface area contributed by atoms with Gasteiger partial charge in [0.25, 0.3) is 0 Å². The highest BCUT2D eigenvalue weighted by molar-refractivity contribution is 7.46. The number of unbranched alkanes of at least 4 members (excludes halogenated alkanes) is 15. The van der Waals surface area contributed by atoms with Gasteiger partial charge in [-0.3, -0.25) is 18.9 Å². The Kier molecular flexibility index (Phi) is 27.6. The fourth-order valence-corrected chi connectivity index (χ4v) is 4.85. The van der Waals surface area contributed by atoms with Gasteiger partial charge in [0.05, 0.1) is 6.61 Å². The fraction of sp³-hybridized carbons (Fsp3) is 0.758. The van der Waals surface area contributed by atoms with E-state index >= 15 is 0 Å². The zero-order valence-electron chi connectivity index (χ0n) is 27.2. The summed E-state index contributed by atoms with van der Waals surface area (Å²) in [6.07, 6.45) is 24.0. The number of aliphatic carboxylic acids is 1. The minimum absolute atomic E-state index is 0.0650. The molecule has 45 heavy (non-hydrogen) atoms. The third-order valence-corrected chi connectivity index (χ3v) is 7.50. The molecule has 0 aromatic carbocycles. The average Bonchev–Trinajstić information content (AvgIpc) is 2.98. The Morgan fingerprint density at radius 1 is 0.644 bits per heavy atom. The molecular weight excluding hydrogens is 603 g/mol. The Bertz CT molecular complexity index is 910. The standard InChI is InChI=1S/C33H57O11P/c1-2-3-4-5-6-7-8-9-10-11-12-13-14-17-20-23-32(37)42-27-30(28-43-45(39,40)41)44-33(38)24-21-18-15-16-19-22-29(34)25-26-31(35)36/h9-10,25-26,30H,2-8,11-24,27-28H2,1H3,(H,35,36)(H2,39,40,41)/b10-9-,26-25+/t30-/m1/s1. The van der Waals surface area contributed by atoms with E-state index in [9.17, 15) is 23.7 Å². The maximum atomic E-state index is 12.2. The van der Waals surface area contributed by atoms with Crippen molar-refractivity contribution in [3.63, 3.8) is 0 Å². The van der Waals surface area contributed by atoms with E-state index in [1.807, 2.05) is 0 Å². The van der Waals surface area contributed by atoms with E-state index in [1.165, 1.54) is 38.5 Å². The second-order valence-corrected chi connectivity index (χ2v) is 12.6. The fourth-order valence-electron chi connectivity index (χ4n) is 4.49. The average molecular weight is 661 g/mol. The number of phosphoric acid groups is 1. The van der Waals surface area contributed by atoms with Crippen LogP contribution in [0.2, 0.25) is 0 Å². The van der Waals surface area contributed by atoms with E-state index in [4.69, 9.17) is 24.4 Å². The minimum Gasteiger partial charge on any atom is -0.478 e. The number of rotatable bonds is 31. The molecule has 11 nitrogen and oxygen atoms in total. The van der Waals surface area contributed by atoms with Crippen LogP contribution in [-0.2, 0) is 37.7 Å². The molecule has 0 aliphatic heterocycles. The highest BCUT2D eigenvalue weighted by Gasteiger charge is 2.22. The Morgan fingerprint density at radius 3 is 1.67 bits per heavy atom. The Morgan fingerprint density at radius 2 is 1.13 bits per heavy atom. The molecule has 0 aromatic heterocycles. The number of hydrogen-bond donors (Lipinski definition) is 3. The molecule has 3 N–H and O–H groups in total. The van der Waals surface area contributed by atoms with Gasteiger partial charge in [0.1, 0.15) is 6.61 Å². The molecule has 0 rings (SSSR count). The lowest BCUT2D eigenvalue weighted by molar-refractivity contribution is -0.161. The van der Waals surface area contributed by atoms with Crippen LogP contribution >= 0.6 is 7.82 Å². The summed E-state index contributed by atoms with van der Waals surface area (Å²) < 4.78 is 26.0. The molecule has 0 fully saturated rings. The third kappa shape index (κ3) is 32.9. The number of esters is 2. The Balaban J connectivity index is 4.07. The molecule has 0 spiro atoms. The van der Waals surface area contributed by atoms with Gasteiger partial charge in [-0.1, -0.05) is 89.7 Å². The molecule has 0 saturated heterocycles. The zero-order valence-corrected chi connectivity index (χ0v) is 28.1. The SMILES string of the molecule is CCCCCCCC/C=C\CCCCCCCC(=O)OC[C@H](COP(=O)(O)O)OC(=O)CCCCCCCC(=O)/C=C/C(=O)O. The quantitative estimate of drug-likeness (QED) is 0.0220. The first-order valence-corrected chi connectivity index (χ1v) is 18.2. The van der Waals surface area contributed by atoms with Crippen molar-refractivity contribution in [3.8, 4) is 0 Å². The largest absolute Gasteiger partial charge is 0.478 e. The Hall–Kier alpha value is -2.33. The van der Waals surface area contributed by atoms with Gasteiger partial charge in [-0.25, -0.2) is 9.36 Å². The van der Waals surface area contributed by atoms with Crippen molar-refractivity contribution in [2.24, 2.45) is 0 Å². The summed E-state index contributed by atoms with van der Waals surface area (Å²) in [5.41, 5.74) is 0. The normalized spacial score (nSPS) is 12.5. The molecule has 0 radical (unpaired) electrons. The van der Waals surface area contributed by atoms with Crippen LogP contribution in [0.15, 0.2) is 24.3 Å². The summed E-state index contributed by atoms with van der Waals surface area (Å²) in [5.74, 6) is -2.49. The van der Waals surface area contributed by atoms with Crippen molar-refractivity contribution < 1.29 is 52.6 Å². The maximum absolute atomic E-state index is 12.2. The molecule has 0 aliphatic rings. The minimum atomic E-state index is -4.80. The smallest absolute Gasteiger partial charge is 0.469 e. The van der Waals surface area contributed by atoms with E-state index in [0.29, 0.717) is 25.7 Å². The van der Waals surface area contributed by atoms with E-state index in [1.54, 1.807) is 0 Å². The summed E-state index contributed by atoms with van der Waals surface area (Å²) in [4.78, 5) is 64.3. The molecule has 0 unspecified atom stereocenters. The molecule has 0 aromatic rings. The van der Waals surface area contributed by atoms with Gasteiger partial charge in [0, 0.05) is 25.3 Å². The number of carbonyl (C=O) groups excluding carboxylic acids is 3. The number of phosphoric ester groups is 1. The lowest BCUT2D eigenvalue weighted by Gasteiger charge is -2.18. The van der Waals surface area contributed by atoms with Crippen LogP contribution in [-0.4, -0.2) is 57.9 Å². The highest BCUT2D eigenvalue weighted by Crippen LogP contribution is 2.35. The second-order valence-electron chi connectivity index (χ2n) is 11.3. The third-order valence-electron chi connectivity index (χ3n) is 7.02. The Labute approximate surface area is 269 Å². The first-order valence-electron chi connectivity index (χ1n) is 16.7. The van der Waals surface area contributed by atoms with Crippen LogP contribution in [0.1, 0.15) is 142 Å². The van der Waals surface area contributed by atoms with Crippen LogP contribution in [0.4, 0.5) is 0 Å². The van der Waals surface area contributed by atoms with Gasteiger partial charge >= 0.3 is 25.7 Å². The maximum Gasteiger partial charge on any atom is 0.469 e. The van der Waals surface area contributed by atoms with E-state index in [-0.39, 0.29) is 31.7 Å². The number of allylic oxidation sites excluding steroid dienone is 3. The predicted octanol–water partition coefficient (Wildman–Crippen LogP) is 7.53. The number of carbonyl (C=O) groups is 4. The number of ketones is 1. The van der Waals surface area contributed by atoms with Crippen LogP contribution in [0.5, 0.6) is 0 Å². The molecule has 0 aliphatic carbocycles. The molecule has 0 saturated carbocycles. The summed E-state index contributed by atoms with van der Waals surface area (Å²) in [7, 11) is -4.80. The number of ether oxygens (including phenoxy) is 2. The molecule has 0 bridgehead atoms. The van der Waals surface area contributed by atoms with Gasteiger partial charge < -0.3 is 24.4 Å². The van der Waals surface area contributed by atoms with Gasteiger partial charge in [-0.2, -0.15) is 0 Å². The number of carboxylic acid groups (broad SMARTS) is 1. The van der Waals surface area contributed by atoms with E-state index in [0.717, 1.165) is 63.5 Å². The highest BCUT2D eigenvalue weighted by atomic mass is 31.2. The van der Waals surface area contributed by atoms with Gasteiger partial charge in [-0.05, 0) is 51.0 Å². The predicted molar refractivity (Wildman–Crippen MR) is 172 cm³/mol. The number of carboxylic acids is 1. The number of hydrogen-bond acceptors (Lipinski definition) is 8. The monoisotopic (exact) mass is 660 g/mol. The van der Waals surface area contributed by atoms with Crippen molar-refractivity contribution in [1.29, 1.82) is 0 Å². The van der Waals surface area contributed by atoms with Crippen molar-refractivity contribution in [1.82, 2.24) is 0 Å². The summed E-state index contributed by atoms with van der Waals surface area (Å²) in [6, 6.07) is 0. The van der Waals surface area contributed by atoms with Gasteiger partial charge in [0.15, 0.2) is 11.9 Å². The lowest BCUT2D eigenvalue weighted by atomic mass is 10.1. The van der Waals surface area contributed by atoms with Crippen LogP contribution in [0.25, 0.3) is 0 Å². The van der Waals surface area contributed by atoms with Crippen molar-refractivity contribution in [2.75, 3.05) is 13.2 Å². The van der Waals surface area contributed by atoms with Crippen molar-refractivity contribution in [2.45, 2.75) is 148 Å². The summed E-state index contributed by atoms with van der Waals surface area (Å²) >= 11 is 0.